The van der Waals surface area contributed by atoms with Crippen molar-refractivity contribution < 1.29 is 0 Å². The molecule has 1 aliphatic carbocycles. The lowest BCUT2D eigenvalue weighted by Crippen LogP contribution is -2.38. The van der Waals surface area contributed by atoms with Gasteiger partial charge in [0.15, 0.2) is 0 Å². The monoisotopic (exact) mass is 264 g/mol. The minimum Gasteiger partial charge on any atom is -0.334 e. The van der Waals surface area contributed by atoms with Gasteiger partial charge in [-0.15, -0.1) is 0 Å². The second kappa shape index (κ2) is 6.06. The van der Waals surface area contributed by atoms with E-state index in [9.17, 15) is 0 Å². The van der Waals surface area contributed by atoms with Crippen LogP contribution in [0, 0.1) is 11.3 Å². The third kappa shape index (κ3) is 3.37. The highest BCUT2D eigenvalue weighted by Gasteiger charge is 2.33. The van der Waals surface area contributed by atoms with E-state index in [0.717, 1.165) is 18.8 Å². The molecule has 1 fully saturated rings. The molecule has 1 saturated carbocycles. The molecule has 0 radical (unpaired) electrons. The van der Waals surface area contributed by atoms with Gasteiger partial charge >= 0.3 is 0 Å². The number of rotatable bonds is 5. The van der Waals surface area contributed by atoms with E-state index in [4.69, 9.17) is 5.84 Å². The molecule has 1 aliphatic rings. The molecule has 1 aromatic heterocycles. The van der Waals surface area contributed by atoms with E-state index in [1.54, 1.807) is 0 Å². The molecule has 19 heavy (non-hydrogen) atoms. The van der Waals surface area contributed by atoms with E-state index >= 15 is 0 Å². The normalized spacial score (nSPS) is 21.5. The van der Waals surface area contributed by atoms with Crippen molar-refractivity contribution in [2.45, 2.75) is 65.5 Å². The first-order chi connectivity index (χ1) is 9.07. The molecule has 108 valence electrons. The average Bonchev–Trinajstić information content (AvgIpc) is 2.81. The Morgan fingerprint density at radius 2 is 2.16 bits per heavy atom. The summed E-state index contributed by atoms with van der Waals surface area (Å²) in [5, 5.41) is 0. The maximum absolute atomic E-state index is 5.82. The molecule has 4 heteroatoms. The van der Waals surface area contributed by atoms with Crippen LogP contribution in [0.2, 0.25) is 0 Å². The van der Waals surface area contributed by atoms with Gasteiger partial charge in [0.2, 0.25) is 0 Å². The van der Waals surface area contributed by atoms with E-state index in [1.165, 1.54) is 25.7 Å². The van der Waals surface area contributed by atoms with E-state index < -0.39 is 0 Å². The zero-order valence-corrected chi connectivity index (χ0v) is 12.5. The first-order valence-corrected chi connectivity index (χ1v) is 7.54. The van der Waals surface area contributed by atoms with Gasteiger partial charge < -0.3 is 4.57 Å². The van der Waals surface area contributed by atoms with Crippen molar-refractivity contribution >= 4 is 0 Å². The van der Waals surface area contributed by atoms with Crippen molar-refractivity contribution in [3.05, 3.63) is 18.2 Å². The highest BCUT2D eigenvalue weighted by molar-refractivity contribution is 5.02. The van der Waals surface area contributed by atoms with Crippen LogP contribution in [0.15, 0.2) is 12.4 Å². The number of nitrogens with two attached hydrogens (primary N) is 1. The van der Waals surface area contributed by atoms with Crippen molar-refractivity contribution in [3.63, 3.8) is 0 Å². The Labute approximate surface area is 116 Å². The number of hydrogen-bond donors (Lipinski definition) is 2. The van der Waals surface area contributed by atoms with Gasteiger partial charge in [0.05, 0.1) is 6.04 Å². The maximum atomic E-state index is 5.82. The fourth-order valence-corrected chi connectivity index (χ4v) is 3.21. The predicted molar refractivity (Wildman–Crippen MR) is 78.3 cm³/mol. The summed E-state index contributed by atoms with van der Waals surface area (Å²) < 4.78 is 2.24. The quantitative estimate of drug-likeness (QED) is 0.635. The van der Waals surface area contributed by atoms with Gasteiger partial charge in [-0.05, 0) is 43.4 Å². The van der Waals surface area contributed by atoms with Gasteiger partial charge in [0.1, 0.15) is 5.82 Å². The molecule has 2 rings (SSSR count). The minimum absolute atomic E-state index is 0.192. The van der Waals surface area contributed by atoms with Gasteiger partial charge in [-0.1, -0.05) is 20.8 Å². The summed E-state index contributed by atoms with van der Waals surface area (Å²) in [7, 11) is 0. The molecular weight excluding hydrogens is 236 g/mol. The summed E-state index contributed by atoms with van der Waals surface area (Å²) in [4.78, 5) is 4.54. The number of aromatic nitrogens is 2. The van der Waals surface area contributed by atoms with Crippen molar-refractivity contribution in [1.82, 2.24) is 15.0 Å². The number of hydrazine groups is 1. The molecule has 0 saturated heterocycles. The molecule has 1 unspecified atom stereocenters. The van der Waals surface area contributed by atoms with Gasteiger partial charge in [0.25, 0.3) is 0 Å². The van der Waals surface area contributed by atoms with Gasteiger partial charge in [-0.3, -0.25) is 5.84 Å². The van der Waals surface area contributed by atoms with Crippen LogP contribution in [-0.2, 0) is 6.54 Å². The highest BCUT2D eigenvalue weighted by Crippen LogP contribution is 2.42. The highest BCUT2D eigenvalue weighted by atomic mass is 15.3. The maximum Gasteiger partial charge on any atom is 0.127 e. The zero-order chi connectivity index (χ0) is 13.9. The summed E-state index contributed by atoms with van der Waals surface area (Å²) in [6.07, 6.45) is 10.1. The Bertz CT molecular complexity index is 387. The zero-order valence-electron chi connectivity index (χ0n) is 12.5. The summed E-state index contributed by atoms with van der Waals surface area (Å²) in [6, 6.07) is 0.192. The first kappa shape index (κ1) is 14.5. The van der Waals surface area contributed by atoms with Crippen LogP contribution in [0.25, 0.3) is 0 Å². The fourth-order valence-electron chi connectivity index (χ4n) is 3.21. The summed E-state index contributed by atoms with van der Waals surface area (Å²) in [6.45, 7) is 7.95. The molecule has 1 atom stereocenters. The van der Waals surface area contributed by atoms with Crippen LogP contribution in [0.1, 0.15) is 64.7 Å². The molecule has 0 aliphatic heterocycles. The average molecular weight is 264 g/mol. The third-order valence-corrected chi connectivity index (χ3v) is 4.53. The van der Waals surface area contributed by atoms with E-state index in [-0.39, 0.29) is 6.04 Å². The lowest BCUT2D eigenvalue weighted by atomic mass is 9.71. The smallest absolute Gasteiger partial charge is 0.127 e. The minimum atomic E-state index is 0.192. The van der Waals surface area contributed by atoms with Crippen molar-refractivity contribution in [1.29, 1.82) is 0 Å². The Hall–Kier alpha value is -0.870. The molecule has 4 nitrogen and oxygen atoms in total. The van der Waals surface area contributed by atoms with Crippen LogP contribution in [0.4, 0.5) is 0 Å². The Morgan fingerprint density at radius 1 is 1.47 bits per heavy atom. The summed E-state index contributed by atoms with van der Waals surface area (Å²) >= 11 is 0. The van der Waals surface area contributed by atoms with Crippen molar-refractivity contribution in [2.75, 3.05) is 0 Å². The van der Waals surface area contributed by atoms with E-state index in [1.807, 2.05) is 6.20 Å². The molecule has 0 amide bonds. The Morgan fingerprint density at radius 3 is 2.74 bits per heavy atom. The van der Waals surface area contributed by atoms with E-state index in [2.05, 4.69) is 41.9 Å². The molecule has 3 N–H and O–H groups in total. The first-order valence-electron chi connectivity index (χ1n) is 7.54. The lowest BCUT2D eigenvalue weighted by molar-refractivity contribution is 0.157. The fraction of sp³-hybridized carbons (Fsp3) is 0.800. The molecule has 0 aromatic carbocycles. The van der Waals surface area contributed by atoms with E-state index in [0.29, 0.717) is 11.3 Å². The Balaban J connectivity index is 2.09. The van der Waals surface area contributed by atoms with Crippen LogP contribution in [0.5, 0.6) is 0 Å². The van der Waals surface area contributed by atoms with Gasteiger partial charge in [0, 0.05) is 18.9 Å². The molecule has 1 heterocycles. The van der Waals surface area contributed by atoms with Crippen LogP contribution in [0.3, 0.4) is 0 Å². The van der Waals surface area contributed by atoms with Gasteiger partial charge in [-0.2, -0.15) is 0 Å². The molecule has 0 bridgehead atoms. The third-order valence-electron chi connectivity index (χ3n) is 4.53. The second-order valence-corrected chi connectivity index (χ2v) is 6.62. The number of imidazole rings is 1. The Kier molecular flexibility index (Phi) is 4.63. The van der Waals surface area contributed by atoms with Crippen molar-refractivity contribution in [2.24, 2.45) is 17.2 Å². The molecule has 1 aromatic rings. The number of nitrogens with one attached hydrogen (secondary N) is 1. The van der Waals surface area contributed by atoms with Crippen LogP contribution >= 0.6 is 0 Å². The van der Waals surface area contributed by atoms with Crippen molar-refractivity contribution in [3.8, 4) is 0 Å². The number of hydrogen-bond acceptors (Lipinski definition) is 3. The summed E-state index contributed by atoms with van der Waals surface area (Å²) in [5.74, 6) is 7.54. The largest absolute Gasteiger partial charge is 0.334 e. The number of nitrogens with zero attached hydrogens (tertiary/aromatic N) is 2. The number of aryl methyl sites for hydroxylation is 1. The van der Waals surface area contributed by atoms with Crippen LogP contribution < -0.4 is 11.3 Å². The SMILES string of the molecule is CCCn1ccnc1C(NN)C1CCC(C)(C)CC1. The standard InChI is InChI=1S/C15H28N4/c1-4-10-19-11-9-17-14(19)13(18-16)12-5-7-15(2,3)8-6-12/h9,11-13,18H,4-8,10,16H2,1-3H3. The summed E-state index contributed by atoms with van der Waals surface area (Å²) in [5.41, 5.74) is 3.51. The molecule has 0 spiro atoms. The predicted octanol–water partition coefficient (Wildman–Crippen LogP) is 3.01. The lowest BCUT2D eigenvalue weighted by Gasteiger charge is -2.37. The second-order valence-electron chi connectivity index (χ2n) is 6.62. The molecular formula is C15H28N4. The topological polar surface area (TPSA) is 55.9 Å². The van der Waals surface area contributed by atoms with Crippen LogP contribution in [-0.4, -0.2) is 9.55 Å². The van der Waals surface area contributed by atoms with Gasteiger partial charge in [-0.25, -0.2) is 10.4 Å².